The lowest BCUT2D eigenvalue weighted by Crippen LogP contribution is -2.48. The largest absolute Gasteiger partial charge is 0.454 e. The van der Waals surface area contributed by atoms with Gasteiger partial charge in [0.25, 0.3) is 0 Å². The van der Waals surface area contributed by atoms with E-state index in [4.69, 9.17) is 9.47 Å². The molecule has 0 aliphatic carbocycles. The van der Waals surface area contributed by atoms with Crippen molar-refractivity contribution in [2.75, 3.05) is 44.8 Å². The molecule has 0 unspecified atom stereocenters. The minimum absolute atomic E-state index is 0.0219. The molecule has 32 heavy (non-hydrogen) atoms. The number of nitrogens with one attached hydrogen (secondary N) is 1. The highest BCUT2D eigenvalue weighted by Gasteiger charge is 2.21. The summed E-state index contributed by atoms with van der Waals surface area (Å²) in [7, 11) is 0. The number of carbonyl (C=O) groups excluding carboxylic acids is 1. The maximum atomic E-state index is 12.7. The quantitative estimate of drug-likeness (QED) is 0.645. The Morgan fingerprint density at radius 1 is 0.969 bits per heavy atom. The van der Waals surface area contributed by atoms with E-state index in [0.29, 0.717) is 19.2 Å². The van der Waals surface area contributed by atoms with E-state index in [1.165, 1.54) is 5.56 Å². The SMILES string of the molecule is Cc1cc(NC(=O)CN2CCN(Cc3ccc4c(c3)OCO4)CC2)n(-c2ccccc2)n1. The van der Waals surface area contributed by atoms with Crippen molar-refractivity contribution < 1.29 is 14.3 Å². The van der Waals surface area contributed by atoms with Crippen molar-refractivity contribution >= 4 is 11.7 Å². The Hall–Kier alpha value is -3.36. The van der Waals surface area contributed by atoms with Gasteiger partial charge in [-0.3, -0.25) is 14.6 Å². The van der Waals surface area contributed by atoms with Crippen molar-refractivity contribution in [2.45, 2.75) is 13.5 Å². The number of anilines is 1. The van der Waals surface area contributed by atoms with Crippen LogP contribution in [-0.4, -0.2) is 65.0 Å². The van der Waals surface area contributed by atoms with Gasteiger partial charge in [0.1, 0.15) is 5.82 Å². The molecule has 0 atom stereocenters. The highest BCUT2D eigenvalue weighted by molar-refractivity contribution is 5.91. The molecule has 5 rings (SSSR count). The van der Waals surface area contributed by atoms with Crippen LogP contribution in [0.3, 0.4) is 0 Å². The van der Waals surface area contributed by atoms with Crippen LogP contribution in [0.25, 0.3) is 5.69 Å². The number of benzene rings is 2. The molecule has 2 aromatic carbocycles. The lowest BCUT2D eigenvalue weighted by Gasteiger charge is -2.34. The minimum atomic E-state index is -0.0219. The van der Waals surface area contributed by atoms with E-state index in [9.17, 15) is 4.79 Å². The number of amides is 1. The number of para-hydroxylation sites is 1. The number of aryl methyl sites for hydroxylation is 1. The number of hydrogen-bond donors (Lipinski definition) is 1. The van der Waals surface area contributed by atoms with E-state index in [2.05, 4.69) is 32.3 Å². The zero-order valence-corrected chi connectivity index (χ0v) is 18.2. The van der Waals surface area contributed by atoms with E-state index in [0.717, 1.165) is 55.6 Å². The lowest BCUT2D eigenvalue weighted by atomic mass is 10.1. The van der Waals surface area contributed by atoms with Crippen molar-refractivity contribution in [1.29, 1.82) is 0 Å². The standard InChI is InChI=1S/C24H27N5O3/c1-18-13-23(29(26-18)20-5-3-2-4-6-20)25-24(30)16-28-11-9-27(10-12-28)15-19-7-8-21-22(14-19)32-17-31-21/h2-8,13-14H,9-12,15-17H2,1H3,(H,25,30). The first-order chi connectivity index (χ1) is 15.6. The number of piperazine rings is 1. The number of carbonyl (C=O) groups is 1. The smallest absolute Gasteiger partial charge is 0.239 e. The van der Waals surface area contributed by atoms with Gasteiger partial charge in [0, 0.05) is 38.8 Å². The monoisotopic (exact) mass is 433 g/mol. The summed E-state index contributed by atoms with van der Waals surface area (Å²) in [5.41, 5.74) is 3.00. The fraction of sp³-hybridized carbons (Fsp3) is 0.333. The van der Waals surface area contributed by atoms with Crippen LogP contribution in [0.4, 0.5) is 5.82 Å². The maximum absolute atomic E-state index is 12.7. The molecule has 0 saturated carbocycles. The predicted molar refractivity (Wildman–Crippen MR) is 121 cm³/mol. The Morgan fingerprint density at radius 2 is 1.72 bits per heavy atom. The van der Waals surface area contributed by atoms with Crippen LogP contribution in [-0.2, 0) is 11.3 Å². The molecule has 3 heterocycles. The topological polar surface area (TPSA) is 71.9 Å². The summed E-state index contributed by atoms with van der Waals surface area (Å²) < 4.78 is 12.6. The second-order valence-electron chi connectivity index (χ2n) is 8.21. The summed E-state index contributed by atoms with van der Waals surface area (Å²) in [5.74, 6) is 2.31. The number of nitrogens with zero attached hydrogens (tertiary/aromatic N) is 4. The van der Waals surface area contributed by atoms with Crippen molar-refractivity contribution in [1.82, 2.24) is 19.6 Å². The van der Waals surface area contributed by atoms with E-state index in [1.54, 1.807) is 4.68 Å². The minimum Gasteiger partial charge on any atom is -0.454 e. The van der Waals surface area contributed by atoms with Gasteiger partial charge in [-0.05, 0) is 36.8 Å². The molecular formula is C24H27N5O3. The summed E-state index contributed by atoms with van der Waals surface area (Å²) in [6.45, 7) is 7.01. The molecular weight excluding hydrogens is 406 g/mol. The summed E-state index contributed by atoms with van der Waals surface area (Å²) in [4.78, 5) is 17.3. The number of hydrogen-bond acceptors (Lipinski definition) is 6. The first kappa shape index (κ1) is 20.5. The molecule has 0 bridgehead atoms. The number of fused-ring (bicyclic) bond motifs is 1. The Morgan fingerprint density at radius 3 is 2.53 bits per heavy atom. The summed E-state index contributed by atoms with van der Waals surface area (Å²) >= 11 is 0. The van der Waals surface area contributed by atoms with Gasteiger partial charge >= 0.3 is 0 Å². The fourth-order valence-electron chi connectivity index (χ4n) is 4.14. The van der Waals surface area contributed by atoms with Crippen molar-refractivity contribution in [2.24, 2.45) is 0 Å². The molecule has 8 heteroatoms. The Kier molecular flexibility index (Phi) is 5.79. The first-order valence-electron chi connectivity index (χ1n) is 10.9. The molecule has 1 amide bonds. The van der Waals surface area contributed by atoms with Gasteiger partial charge in [0.15, 0.2) is 11.5 Å². The molecule has 166 valence electrons. The Bertz CT molecular complexity index is 1090. The normalized spacial score (nSPS) is 16.3. The van der Waals surface area contributed by atoms with Crippen LogP contribution in [0, 0.1) is 6.92 Å². The van der Waals surface area contributed by atoms with Gasteiger partial charge in [-0.25, -0.2) is 4.68 Å². The molecule has 0 spiro atoms. The molecule has 1 aromatic heterocycles. The predicted octanol–water partition coefficient (Wildman–Crippen LogP) is 2.67. The van der Waals surface area contributed by atoms with Crippen LogP contribution in [0.1, 0.15) is 11.3 Å². The summed E-state index contributed by atoms with van der Waals surface area (Å²) in [6, 6.07) is 17.8. The highest BCUT2D eigenvalue weighted by Crippen LogP contribution is 2.32. The number of aromatic nitrogens is 2. The number of rotatable bonds is 6. The van der Waals surface area contributed by atoms with Crippen LogP contribution in [0.15, 0.2) is 54.6 Å². The van der Waals surface area contributed by atoms with E-state index < -0.39 is 0 Å². The molecule has 2 aliphatic rings. The summed E-state index contributed by atoms with van der Waals surface area (Å²) in [5, 5.41) is 7.55. The van der Waals surface area contributed by atoms with Gasteiger partial charge in [-0.2, -0.15) is 5.10 Å². The Labute approximate surface area is 187 Å². The van der Waals surface area contributed by atoms with E-state index in [-0.39, 0.29) is 5.91 Å². The second kappa shape index (κ2) is 9.02. The van der Waals surface area contributed by atoms with Crippen molar-refractivity contribution in [3.63, 3.8) is 0 Å². The summed E-state index contributed by atoms with van der Waals surface area (Å²) in [6.07, 6.45) is 0. The first-order valence-corrected chi connectivity index (χ1v) is 10.9. The van der Waals surface area contributed by atoms with Crippen LogP contribution in [0.5, 0.6) is 11.5 Å². The molecule has 8 nitrogen and oxygen atoms in total. The zero-order chi connectivity index (χ0) is 21.9. The van der Waals surface area contributed by atoms with E-state index in [1.807, 2.05) is 49.4 Å². The lowest BCUT2D eigenvalue weighted by molar-refractivity contribution is -0.117. The Balaban J connectivity index is 1.13. The van der Waals surface area contributed by atoms with Gasteiger partial charge in [-0.15, -0.1) is 0 Å². The third kappa shape index (κ3) is 4.61. The van der Waals surface area contributed by atoms with Crippen LogP contribution in [0.2, 0.25) is 0 Å². The zero-order valence-electron chi connectivity index (χ0n) is 18.2. The average Bonchev–Trinajstić information content (AvgIpc) is 3.41. The molecule has 2 aliphatic heterocycles. The molecule has 3 aromatic rings. The fourth-order valence-corrected chi connectivity index (χ4v) is 4.14. The van der Waals surface area contributed by atoms with Gasteiger partial charge in [-0.1, -0.05) is 24.3 Å². The average molecular weight is 434 g/mol. The highest BCUT2D eigenvalue weighted by atomic mass is 16.7. The third-order valence-electron chi connectivity index (χ3n) is 5.78. The molecule has 1 N–H and O–H groups in total. The van der Waals surface area contributed by atoms with Crippen molar-refractivity contribution in [3.8, 4) is 17.2 Å². The molecule has 1 fully saturated rings. The third-order valence-corrected chi connectivity index (χ3v) is 5.78. The van der Waals surface area contributed by atoms with Crippen molar-refractivity contribution in [3.05, 3.63) is 65.9 Å². The maximum Gasteiger partial charge on any atom is 0.239 e. The van der Waals surface area contributed by atoms with Gasteiger partial charge < -0.3 is 14.8 Å². The van der Waals surface area contributed by atoms with Gasteiger partial charge in [0.05, 0.1) is 17.9 Å². The van der Waals surface area contributed by atoms with Gasteiger partial charge in [0.2, 0.25) is 12.7 Å². The second-order valence-corrected chi connectivity index (χ2v) is 8.21. The van der Waals surface area contributed by atoms with E-state index >= 15 is 0 Å². The van der Waals surface area contributed by atoms with Crippen LogP contribution >= 0.6 is 0 Å². The molecule has 0 radical (unpaired) electrons. The van der Waals surface area contributed by atoms with Crippen LogP contribution < -0.4 is 14.8 Å². The number of ether oxygens (including phenoxy) is 2. The molecule has 1 saturated heterocycles.